The molecule has 0 radical (unpaired) electrons. The number of methoxy groups -OCH3 is 2. The van der Waals surface area contributed by atoms with Crippen LogP contribution in [0, 0.1) is 0 Å². The van der Waals surface area contributed by atoms with Crippen LogP contribution in [0.1, 0.15) is 15.9 Å². The van der Waals surface area contributed by atoms with E-state index in [0.717, 1.165) is 10.6 Å². The number of nitrogens with one attached hydrogen (secondary N) is 3. The second-order valence-corrected chi connectivity index (χ2v) is 11.3. The van der Waals surface area contributed by atoms with Crippen LogP contribution in [0.4, 0.5) is 11.4 Å². The number of hydrogen-bond acceptors (Lipinski definition) is 7. The molecule has 0 atom stereocenters. The number of rotatable bonds is 13. The van der Waals surface area contributed by atoms with Crippen molar-refractivity contribution in [3.63, 3.8) is 0 Å². The van der Waals surface area contributed by atoms with E-state index in [1.54, 1.807) is 91.0 Å². The number of anilines is 2. The van der Waals surface area contributed by atoms with Crippen LogP contribution in [0.15, 0.2) is 138 Å². The number of ether oxygens (including phenoxy) is 3. The highest BCUT2D eigenvalue weighted by molar-refractivity contribution is 8.00. The van der Waals surface area contributed by atoms with Crippen molar-refractivity contribution in [2.45, 2.75) is 4.90 Å². The first-order valence-corrected chi connectivity index (χ1v) is 15.9. The Morgan fingerprint density at radius 2 is 1.27 bits per heavy atom. The van der Waals surface area contributed by atoms with Gasteiger partial charge in [-0.3, -0.25) is 14.4 Å². The molecule has 0 bridgehead atoms. The third kappa shape index (κ3) is 9.51. The fourth-order valence-electron chi connectivity index (χ4n) is 4.46. The summed E-state index contributed by atoms with van der Waals surface area (Å²) in [7, 11) is 3.06. The summed E-state index contributed by atoms with van der Waals surface area (Å²) in [4.78, 5) is 39.8. The minimum Gasteiger partial charge on any atom is -0.493 e. The summed E-state index contributed by atoms with van der Waals surface area (Å²) in [5.41, 5.74) is 2.23. The Morgan fingerprint density at radius 3 is 1.94 bits per heavy atom. The van der Waals surface area contributed by atoms with Crippen molar-refractivity contribution in [3.05, 3.63) is 144 Å². The Labute approximate surface area is 282 Å². The molecular weight excluding hydrogens is 627 g/mol. The first-order chi connectivity index (χ1) is 23.4. The number of carbonyl (C=O) groups excluding carboxylic acids is 3. The van der Waals surface area contributed by atoms with Gasteiger partial charge in [0.2, 0.25) is 5.91 Å². The van der Waals surface area contributed by atoms with Crippen LogP contribution in [0.25, 0.3) is 6.08 Å². The van der Waals surface area contributed by atoms with E-state index < -0.39 is 11.8 Å². The smallest absolute Gasteiger partial charge is 0.272 e. The normalized spacial score (nSPS) is 10.8. The predicted octanol–water partition coefficient (Wildman–Crippen LogP) is 7.64. The third-order valence-electron chi connectivity index (χ3n) is 6.85. The number of amides is 3. The maximum absolute atomic E-state index is 13.4. The molecule has 242 valence electrons. The van der Waals surface area contributed by atoms with Crippen LogP contribution in [0.5, 0.6) is 23.0 Å². The van der Waals surface area contributed by atoms with Gasteiger partial charge in [-0.2, -0.15) is 0 Å². The molecule has 9 nitrogen and oxygen atoms in total. The van der Waals surface area contributed by atoms with Gasteiger partial charge in [0.25, 0.3) is 11.8 Å². The Morgan fingerprint density at radius 1 is 0.667 bits per heavy atom. The largest absolute Gasteiger partial charge is 0.493 e. The Bertz CT molecular complexity index is 1880. The van der Waals surface area contributed by atoms with Gasteiger partial charge in [0.1, 0.15) is 17.2 Å². The number of hydrogen-bond donors (Lipinski definition) is 3. The zero-order chi connectivity index (χ0) is 33.7. The van der Waals surface area contributed by atoms with Crippen molar-refractivity contribution in [2.75, 3.05) is 30.6 Å². The monoisotopic (exact) mass is 659 g/mol. The van der Waals surface area contributed by atoms with Crippen molar-refractivity contribution < 1.29 is 28.6 Å². The second kappa shape index (κ2) is 16.5. The molecule has 5 aromatic carbocycles. The highest BCUT2D eigenvalue weighted by Gasteiger charge is 2.16. The maximum atomic E-state index is 13.4. The van der Waals surface area contributed by atoms with E-state index in [9.17, 15) is 14.4 Å². The van der Waals surface area contributed by atoms with Crippen molar-refractivity contribution in [2.24, 2.45) is 0 Å². The van der Waals surface area contributed by atoms with Gasteiger partial charge < -0.3 is 30.2 Å². The van der Waals surface area contributed by atoms with E-state index in [2.05, 4.69) is 16.0 Å². The topological polar surface area (TPSA) is 115 Å². The summed E-state index contributed by atoms with van der Waals surface area (Å²) in [5.74, 6) is 1.50. The summed E-state index contributed by atoms with van der Waals surface area (Å²) in [5, 5.41) is 8.45. The minimum atomic E-state index is -0.519. The molecule has 0 aliphatic rings. The van der Waals surface area contributed by atoms with Gasteiger partial charge in [0.15, 0.2) is 11.5 Å². The molecule has 5 aromatic rings. The fourth-order valence-corrected chi connectivity index (χ4v) is 5.16. The first kappa shape index (κ1) is 33.4. The molecule has 5 rings (SSSR count). The van der Waals surface area contributed by atoms with E-state index >= 15 is 0 Å². The molecule has 0 spiro atoms. The van der Waals surface area contributed by atoms with Crippen molar-refractivity contribution in [1.82, 2.24) is 5.32 Å². The summed E-state index contributed by atoms with van der Waals surface area (Å²) in [6.45, 7) is 0. The number of carbonyl (C=O) groups is 3. The molecule has 0 heterocycles. The molecule has 0 saturated heterocycles. The highest BCUT2D eigenvalue weighted by Crippen LogP contribution is 2.29. The molecule has 0 saturated carbocycles. The number of para-hydroxylation sites is 1. The average molecular weight is 660 g/mol. The van der Waals surface area contributed by atoms with E-state index in [1.165, 1.54) is 26.0 Å². The van der Waals surface area contributed by atoms with E-state index in [1.807, 2.05) is 42.5 Å². The van der Waals surface area contributed by atoms with Crippen molar-refractivity contribution in [3.8, 4) is 23.0 Å². The van der Waals surface area contributed by atoms with Crippen LogP contribution < -0.4 is 30.2 Å². The van der Waals surface area contributed by atoms with Gasteiger partial charge in [-0.15, -0.1) is 11.8 Å². The zero-order valence-electron chi connectivity index (χ0n) is 26.3. The molecule has 48 heavy (non-hydrogen) atoms. The lowest BCUT2D eigenvalue weighted by atomic mass is 10.1. The second-order valence-electron chi connectivity index (χ2n) is 10.2. The lowest BCUT2D eigenvalue weighted by Gasteiger charge is -2.13. The Balaban J connectivity index is 1.19. The first-order valence-electron chi connectivity index (χ1n) is 14.9. The Kier molecular flexibility index (Phi) is 11.5. The zero-order valence-corrected chi connectivity index (χ0v) is 27.1. The molecule has 0 unspecified atom stereocenters. The van der Waals surface area contributed by atoms with Gasteiger partial charge in [0, 0.05) is 21.8 Å². The van der Waals surface area contributed by atoms with E-state index in [0.29, 0.717) is 39.8 Å². The average Bonchev–Trinajstić information content (AvgIpc) is 3.12. The molecule has 0 aliphatic carbocycles. The molecule has 0 aromatic heterocycles. The molecule has 3 amide bonds. The number of thioether (sulfide) groups is 1. The summed E-state index contributed by atoms with van der Waals surface area (Å²) >= 11 is 1.36. The summed E-state index contributed by atoms with van der Waals surface area (Å²) in [6.07, 6.45) is 1.56. The van der Waals surface area contributed by atoms with Crippen LogP contribution >= 0.6 is 11.8 Å². The summed E-state index contributed by atoms with van der Waals surface area (Å²) in [6, 6.07) is 37.5. The molecule has 0 fully saturated rings. The van der Waals surface area contributed by atoms with Gasteiger partial charge >= 0.3 is 0 Å². The van der Waals surface area contributed by atoms with Gasteiger partial charge in [-0.1, -0.05) is 42.5 Å². The van der Waals surface area contributed by atoms with E-state index in [4.69, 9.17) is 14.2 Å². The Hall–Kier alpha value is -6.00. The molecule has 0 aliphatic heterocycles. The summed E-state index contributed by atoms with van der Waals surface area (Å²) < 4.78 is 16.5. The van der Waals surface area contributed by atoms with Crippen molar-refractivity contribution in [1.29, 1.82) is 0 Å². The molecular formula is C38H33N3O6S. The highest BCUT2D eigenvalue weighted by atomic mass is 32.2. The third-order valence-corrected chi connectivity index (χ3v) is 7.86. The van der Waals surface area contributed by atoms with Crippen LogP contribution in [-0.4, -0.2) is 37.7 Å². The number of benzene rings is 5. The van der Waals surface area contributed by atoms with Gasteiger partial charge in [0.05, 0.1) is 20.0 Å². The molecule has 3 N–H and O–H groups in total. The van der Waals surface area contributed by atoms with Crippen LogP contribution in [0.2, 0.25) is 0 Å². The standard InChI is InChI=1S/C38H33N3O6S/c1-45-34-22-13-26(24-35(34)46-2)23-33(41-37(43)27-9-5-3-6-10-27)38(44)40-29-16-20-32(21-17-29)48-25-36(42)39-28-14-18-31(19-15-28)47-30-11-7-4-8-12-30/h3-24H,25H2,1-2H3,(H,39,42)(H,40,44)(H,41,43)/b33-23-. The predicted molar refractivity (Wildman–Crippen MR) is 189 cm³/mol. The fraction of sp³-hybridized carbons (Fsp3) is 0.0789. The molecule has 10 heteroatoms. The van der Waals surface area contributed by atoms with Crippen LogP contribution in [0.3, 0.4) is 0 Å². The van der Waals surface area contributed by atoms with Gasteiger partial charge in [-0.05, 0) is 96.6 Å². The lowest BCUT2D eigenvalue weighted by molar-refractivity contribution is -0.114. The van der Waals surface area contributed by atoms with E-state index in [-0.39, 0.29) is 17.4 Å². The van der Waals surface area contributed by atoms with Crippen molar-refractivity contribution >= 4 is 46.9 Å². The lowest BCUT2D eigenvalue weighted by Crippen LogP contribution is -2.30. The maximum Gasteiger partial charge on any atom is 0.272 e. The SMILES string of the molecule is COc1ccc(/C=C(\NC(=O)c2ccccc2)C(=O)Nc2ccc(SCC(=O)Nc3ccc(Oc4ccccc4)cc3)cc2)cc1OC. The minimum absolute atomic E-state index is 0.0332. The van der Waals surface area contributed by atoms with Gasteiger partial charge in [-0.25, -0.2) is 0 Å². The quantitative estimate of drug-likeness (QED) is 0.0879. The van der Waals surface area contributed by atoms with Crippen LogP contribution in [-0.2, 0) is 9.59 Å².